The Hall–Kier alpha value is -0.0600. The normalized spacial score (nSPS) is 20.1. The SMILES string of the molecule is Br.Br.CC1CNCCN1c1cc[c]cc1. The molecule has 0 spiro atoms. The van der Waals surface area contributed by atoms with Crippen molar-refractivity contribution in [2.75, 3.05) is 24.5 Å². The molecule has 85 valence electrons. The number of hydrogen-bond acceptors (Lipinski definition) is 2. The van der Waals surface area contributed by atoms with Crippen molar-refractivity contribution in [3.8, 4) is 0 Å². The second-order valence-electron chi connectivity index (χ2n) is 3.50. The summed E-state index contributed by atoms with van der Waals surface area (Å²) in [5.41, 5.74) is 1.31. The van der Waals surface area contributed by atoms with E-state index in [1.54, 1.807) is 0 Å². The third-order valence-corrected chi connectivity index (χ3v) is 2.53. The summed E-state index contributed by atoms with van der Waals surface area (Å²) in [7, 11) is 0. The number of halogens is 2. The van der Waals surface area contributed by atoms with Crippen molar-refractivity contribution in [2.24, 2.45) is 0 Å². The Bertz CT molecular complexity index is 267. The van der Waals surface area contributed by atoms with Crippen molar-refractivity contribution in [3.05, 3.63) is 30.3 Å². The van der Waals surface area contributed by atoms with Crippen LogP contribution in [0, 0.1) is 6.07 Å². The second kappa shape index (κ2) is 7.25. The highest BCUT2D eigenvalue weighted by Crippen LogP contribution is 2.16. The maximum absolute atomic E-state index is 3.38. The smallest absolute Gasteiger partial charge is 0.0386 e. The van der Waals surface area contributed by atoms with Gasteiger partial charge in [-0.3, -0.25) is 0 Å². The zero-order chi connectivity index (χ0) is 9.10. The predicted molar refractivity (Wildman–Crippen MR) is 75.6 cm³/mol. The van der Waals surface area contributed by atoms with Gasteiger partial charge in [0.1, 0.15) is 0 Å². The van der Waals surface area contributed by atoms with E-state index in [0.717, 1.165) is 19.6 Å². The van der Waals surface area contributed by atoms with Crippen LogP contribution in [0.1, 0.15) is 6.92 Å². The molecule has 15 heavy (non-hydrogen) atoms. The van der Waals surface area contributed by atoms with Gasteiger partial charge in [-0.05, 0) is 25.1 Å². The molecule has 0 saturated carbocycles. The molecule has 1 atom stereocenters. The molecular formula is C11H17Br2N2. The van der Waals surface area contributed by atoms with Gasteiger partial charge in [0, 0.05) is 31.4 Å². The first-order chi connectivity index (χ1) is 6.38. The molecule has 0 aliphatic carbocycles. The molecule has 1 saturated heterocycles. The summed E-state index contributed by atoms with van der Waals surface area (Å²) in [6, 6.07) is 11.8. The molecule has 4 heteroatoms. The van der Waals surface area contributed by atoms with Gasteiger partial charge in [0.15, 0.2) is 0 Å². The lowest BCUT2D eigenvalue weighted by atomic mass is 10.2. The Morgan fingerprint density at radius 1 is 1.33 bits per heavy atom. The van der Waals surface area contributed by atoms with E-state index in [-0.39, 0.29) is 34.0 Å². The van der Waals surface area contributed by atoms with Gasteiger partial charge in [-0.2, -0.15) is 0 Å². The van der Waals surface area contributed by atoms with E-state index >= 15 is 0 Å². The standard InChI is InChI=1S/C11H15N2.2BrH/c1-10-9-12-7-8-13(10)11-5-3-2-4-6-11;;/h3-6,10,12H,7-9H2,1H3;2*1H. The number of nitrogens with zero attached hydrogens (tertiary/aromatic N) is 1. The fourth-order valence-electron chi connectivity index (χ4n) is 1.79. The molecule has 2 nitrogen and oxygen atoms in total. The average Bonchev–Trinajstić information content (AvgIpc) is 2.20. The zero-order valence-corrected chi connectivity index (χ0v) is 12.2. The topological polar surface area (TPSA) is 15.3 Å². The van der Waals surface area contributed by atoms with Crippen LogP contribution in [-0.4, -0.2) is 25.7 Å². The third kappa shape index (κ3) is 3.78. The molecular weight excluding hydrogens is 320 g/mol. The van der Waals surface area contributed by atoms with Crippen LogP contribution < -0.4 is 10.2 Å². The van der Waals surface area contributed by atoms with E-state index in [4.69, 9.17) is 0 Å². The first-order valence-electron chi connectivity index (χ1n) is 4.81. The first kappa shape index (κ1) is 14.9. The summed E-state index contributed by atoms with van der Waals surface area (Å²) in [6.45, 7) is 5.52. The number of nitrogens with one attached hydrogen (secondary N) is 1. The van der Waals surface area contributed by atoms with Gasteiger partial charge >= 0.3 is 0 Å². The molecule has 1 fully saturated rings. The van der Waals surface area contributed by atoms with Crippen LogP contribution in [0.25, 0.3) is 0 Å². The van der Waals surface area contributed by atoms with Crippen molar-refractivity contribution in [1.29, 1.82) is 0 Å². The predicted octanol–water partition coefficient (Wildman–Crippen LogP) is 2.44. The largest absolute Gasteiger partial charge is 0.366 e. The highest BCUT2D eigenvalue weighted by Gasteiger charge is 2.17. The Kier molecular flexibility index (Phi) is 7.22. The Labute approximate surface area is 113 Å². The van der Waals surface area contributed by atoms with E-state index in [1.165, 1.54) is 5.69 Å². The van der Waals surface area contributed by atoms with Crippen LogP contribution in [0.4, 0.5) is 5.69 Å². The minimum atomic E-state index is 0. The number of benzene rings is 1. The van der Waals surface area contributed by atoms with Crippen molar-refractivity contribution >= 4 is 39.7 Å². The van der Waals surface area contributed by atoms with Gasteiger partial charge in [-0.25, -0.2) is 0 Å². The van der Waals surface area contributed by atoms with Gasteiger partial charge in [-0.15, -0.1) is 34.0 Å². The third-order valence-electron chi connectivity index (χ3n) is 2.53. The first-order valence-corrected chi connectivity index (χ1v) is 4.81. The Morgan fingerprint density at radius 2 is 2.00 bits per heavy atom. The van der Waals surface area contributed by atoms with Crippen molar-refractivity contribution < 1.29 is 0 Å². The minimum Gasteiger partial charge on any atom is -0.366 e. The van der Waals surface area contributed by atoms with Crippen LogP contribution in [0.3, 0.4) is 0 Å². The zero-order valence-electron chi connectivity index (χ0n) is 8.77. The summed E-state index contributed by atoms with van der Waals surface area (Å²) in [5, 5.41) is 3.38. The monoisotopic (exact) mass is 335 g/mol. The van der Waals surface area contributed by atoms with E-state index in [0.29, 0.717) is 6.04 Å². The summed E-state index contributed by atoms with van der Waals surface area (Å²) in [4.78, 5) is 2.43. The number of hydrogen-bond donors (Lipinski definition) is 1. The van der Waals surface area contributed by atoms with Gasteiger partial charge in [-0.1, -0.05) is 12.1 Å². The fourth-order valence-corrected chi connectivity index (χ4v) is 1.79. The Balaban J connectivity index is 0.000000980. The quantitative estimate of drug-likeness (QED) is 0.847. The molecule has 1 heterocycles. The lowest BCUT2D eigenvalue weighted by Gasteiger charge is -2.35. The highest BCUT2D eigenvalue weighted by molar-refractivity contribution is 8.93. The average molecular weight is 337 g/mol. The van der Waals surface area contributed by atoms with Gasteiger partial charge in [0.2, 0.25) is 0 Å². The van der Waals surface area contributed by atoms with E-state index in [2.05, 4.69) is 35.3 Å². The molecule has 1 unspecified atom stereocenters. The van der Waals surface area contributed by atoms with E-state index < -0.39 is 0 Å². The summed E-state index contributed by atoms with van der Waals surface area (Å²) in [5.74, 6) is 0. The van der Waals surface area contributed by atoms with Crippen LogP contribution in [0.15, 0.2) is 24.3 Å². The van der Waals surface area contributed by atoms with Crippen LogP contribution in [0.2, 0.25) is 0 Å². The molecule has 1 aliphatic heterocycles. The minimum absolute atomic E-state index is 0. The molecule has 1 aromatic carbocycles. The maximum atomic E-state index is 3.38. The molecule has 1 N–H and O–H groups in total. The van der Waals surface area contributed by atoms with Crippen LogP contribution >= 0.6 is 34.0 Å². The van der Waals surface area contributed by atoms with Crippen molar-refractivity contribution in [2.45, 2.75) is 13.0 Å². The molecule has 0 aromatic heterocycles. The lowest BCUT2D eigenvalue weighted by Crippen LogP contribution is -2.49. The summed E-state index contributed by atoms with van der Waals surface area (Å²) < 4.78 is 0. The van der Waals surface area contributed by atoms with E-state index in [9.17, 15) is 0 Å². The van der Waals surface area contributed by atoms with E-state index in [1.807, 2.05) is 12.1 Å². The number of anilines is 1. The van der Waals surface area contributed by atoms with Crippen molar-refractivity contribution in [3.63, 3.8) is 0 Å². The van der Waals surface area contributed by atoms with Crippen LogP contribution in [0.5, 0.6) is 0 Å². The molecule has 1 radical (unpaired) electrons. The lowest BCUT2D eigenvalue weighted by molar-refractivity contribution is 0.501. The summed E-state index contributed by atoms with van der Waals surface area (Å²) >= 11 is 0. The van der Waals surface area contributed by atoms with Gasteiger partial charge in [0.05, 0.1) is 0 Å². The summed E-state index contributed by atoms with van der Waals surface area (Å²) in [6.07, 6.45) is 0. The van der Waals surface area contributed by atoms with Crippen LogP contribution in [-0.2, 0) is 0 Å². The molecule has 1 aliphatic rings. The highest BCUT2D eigenvalue weighted by atomic mass is 79.9. The Morgan fingerprint density at radius 3 is 2.60 bits per heavy atom. The van der Waals surface area contributed by atoms with Gasteiger partial charge in [0.25, 0.3) is 0 Å². The molecule has 2 rings (SSSR count). The number of piperazine rings is 1. The fraction of sp³-hybridized carbons (Fsp3) is 0.455. The maximum Gasteiger partial charge on any atom is 0.0386 e. The second-order valence-corrected chi connectivity index (χ2v) is 3.50. The van der Waals surface area contributed by atoms with Gasteiger partial charge < -0.3 is 10.2 Å². The number of rotatable bonds is 1. The molecule has 1 aromatic rings. The van der Waals surface area contributed by atoms with Crippen molar-refractivity contribution in [1.82, 2.24) is 5.32 Å². The molecule has 0 bridgehead atoms. The molecule has 0 amide bonds.